The van der Waals surface area contributed by atoms with Crippen LogP contribution in [0.4, 0.5) is 26.1 Å². The summed E-state index contributed by atoms with van der Waals surface area (Å²) < 4.78 is 68.0. The molecule has 0 radical (unpaired) electrons. The average molecular weight is 843 g/mol. The first kappa shape index (κ1) is 40.0. The molecule has 9 rings (SSSR count). The summed E-state index contributed by atoms with van der Waals surface area (Å²) in [5.41, 5.74) is 4.00. The van der Waals surface area contributed by atoms with Crippen LogP contribution in [-0.4, -0.2) is 94.8 Å². The summed E-state index contributed by atoms with van der Waals surface area (Å²) in [6.07, 6.45) is 10.8. The zero-order chi connectivity index (χ0) is 41.8. The van der Waals surface area contributed by atoms with E-state index in [2.05, 4.69) is 40.5 Å². The predicted molar refractivity (Wildman–Crippen MR) is 220 cm³/mol. The fraction of sp³-hybridized carbons (Fsp3) is 0.452. The molecule has 2 amide bonds. The highest BCUT2D eigenvalue weighted by Gasteiger charge is 2.43. The van der Waals surface area contributed by atoms with E-state index in [0.29, 0.717) is 54.5 Å². The molecule has 1 unspecified atom stereocenters. The van der Waals surface area contributed by atoms with Gasteiger partial charge in [-0.25, -0.2) is 26.4 Å². The van der Waals surface area contributed by atoms with Crippen LogP contribution in [0, 0.1) is 24.0 Å². The minimum atomic E-state index is -3.75. The molecule has 3 aromatic heterocycles. The number of aryl methyl sites for hydroxylation is 1. The van der Waals surface area contributed by atoms with Crippen molar-refractivity contribution in [1.82, 2.24) is 39.7 Å². The number of hydrogen-bond donors (Lipinski definition) is 4. The summed E-state index contributed by atoms with van der Waals surface area (Å²) in [6, 6.07) is 9.66. The second-order valence-corrected chi connectivity index (χ2v) is 18.3. The zero-order valence-electron chi connectivity index (χ0n) is 33.5. The van der Waals surface area contributed by atoms with Gasteiger partial charge in [0.2, 0.25) is 27.8 Å². The Bertz CT molecular complexity index is 2520. The summed E-state index contributed by atoms with van der Waals surface area (Å²) in [7, 11) is -3.75. The maximum Gasteiger partial charge on any atom is 0.247 e. The number of rotatable bonds is 11. The zero-order valence-corrected chi connectivity index (χ0v) is 34.3. The van der Waals surface area contributed by atoms with Crippen molar-refractivity contribution in [2.75, 3.05) is 43.0 Å². The molecular weight excluding hydrogens is 795 g/mol. The lowest BCUT2D eigenvalue weighted by atomic mass is 9.70. The van der Waals surface area contributed by atoms with Gasteiger partial charge in [-0.05, 0) is 119 Å². The molecule has 316 valence electrons. The van der Waals surface area contributed by atoms with Crippen LogP contribution >= 0.6 is 0 Å². The van der Waals surface area contributed by atoms with Gasteiger partial charge in [0.25, 0.3) is 0 Å². The number of pyridine rings is 1. The number of ether oxygens (including phenoxy) is 1. The summed E-state index contributed by atoms with van der Waals surface area (Å²) in [4.78, 5) is 33.2. The number of carbonyl (C=O) groups excluding carboxylic acids is 2. The Morgan fingerprint density at radius 1 is 1.00 bits per heavy atom. The lowest BCUT2D eigenvalue weighted by molar-refractivity contribution is -0.134. The highest BCUT2D eigenvalue weighted by Crippen LogP contribution is 2.44. The van der Waals surface area contributed by atoms with E-state index in [4.69, 9.17) is 4.74 Å². The molecule has 4 fully saturated rings. The molecular formula is C42H48F2N10O5S. The predicted octanol–water partition coefficient (Wildman–Crippen LogP) is 5.56. The van der Waals surface area contributed by atoms with Crippen LogP contribution in [0.2, 0.25) is 0 Å². The van der Waals surface area contributed by atoms with Gasteiger partial charge in [-0.3, -0.25) is 20.0 Å². The fourth-order valence-corrected chi connectivity index (χ4v) is 10.7. The molecule has 4 N–H and O–H groups in total. The molecule has 6 heterocycles. The second-order valence-electron chi connectivity index (χ2n) is 16.6. The van der Waals surface area contributed by atoms with Crippen molar-refractivity contribution in [3.63, 3.8) is 0 Å². The number of nitrogens with one attached hydrogen (secondary N) is 4. The molecule has 1 atom stereocenters. The van der Waals surface area contributed by atoms with Gasteiger partial charge in [0.1, 0.15) is 11.6 Å². The van der Waals surface area contributed by atoms with Gasteiger partial charge in [0.15, 0.2) is 11.4 Å². The maximum absolute atomic E-state index is 15.2. The number of aromatic nitrogens is 5. The van der Waals surface area contributed by atoms with E-state index in [1.54, 1.807) is 41.3 Å². The van der Waals surface area contributed by atoms with Crippen LogP contribution in [0.3, 0.4) is 0 Å². The van der Waals surface area contributed by atoms with Crippen LogP contribution in [0.15, 0.2) is 59.9 Å². The largest absolute Gasteiger partial charge is 0.489 e. The van der Waals surface area contributed by atoms with Crippen molar-refractivity contribution in [3.05, 3.63) is 77.8 Å². The van der Waals surface area contributed by atoms with Crippen molar-refractivity contribution in [2.24, 2.45) is 5.41 Å². The number of halogens is 2. The third-order valence-electron chi connectivity index (χ3n) is 13.0. The molecule has 4 aliphatic rings. The molecule has 1 spiro atoms. The van der Waals surface area contributed by atoms with Gasteiger partial charge >= 0.3 is 0 Å². The smallest absolute Gasteiger partial charge is 0.247 e. The van der Waals surface area contributed by atoms with Gasteiger partial charge in [0, 0.05) is 72.1 Å². The number of likely N-dealkylation sites (tertiary alicyclic amines) is 1. The normalized spacial score (nSPS) is 22.2. The number of fused-ring (bicyclic) bond motifs is 1. The molecule has 1 saturated carbocycles. The van der Waals surface area contributed by atoms with Crippen LogP contribution in [-0.2, 0) is 19.6 Å². The van der Waals surface area contributed by atoms with E-state index in [0.717, 1.165) is 68.3 Å². The molecule has 60 heavy (non-hydrogen) atoms. The maximum atomic E-state index is 15.2. The molecule has 2 aromatic carbocycles. The van der Waals surface area contributed by atoms with Gasteiger partial charge < -0.3 is 19.9 Å². The number of sulfonamides is 1. The first-order valence-electron chi connectivity index (χ1n) is 20.6. The van der Waals surface area contributed by atoms with E-state index in [1.807, 2.05) is 24.8 Å². The number of H-pyrrole nitrogens is 1. The molecule has 15 nitrogen and oxygen atoms in total. The Hall–Kier alpha value is -5.46. The monoisotopic (exact) mass is 842 g/mol. The van der Waals surface area contributed by atoms with Crippen LogP contribution in [0.25, 0.3) is 16.8 Å². The van der Waals surface area contributed by atoms with Crippen LogP contribution in [0.1, 0.15) is 75.3 Å². The highest BCUT2D eigenvalue weighted by molar-refractivity contribution is 7.89. The number of piperidine rings is 3. The molecule has 3 aliphatic heterocycles. The Labute approximate surface area is 346 Å². The van der Waals surface area contributed by atoms with Gasteiger partial charge in [-0.1, -0.05) is 0 Å². The third-order valence-corrected chi connectivity index (χ3v) is 14.5. The molecule has 1 aliphatic carbocycles. The summed E-state index contributed by atoms with van der Waals surface area (Å²) in [5.74, 6) is -2.69. The minimum absolute atomic E-state index is 0.0513. The Morgan fingerprint density at radius 3 is 2.40 bits per heavy atom. The SMILES string of the molecule is CCOc1c(-c2cn[nH]c2)ccn2nc(Nc3ccc(S(=O)(=O)NC4CC(N5CCC6(CCN(c7cc(F)c(C8CCC(=O)NC8=O)c(F)c7)CC6)CC5)C4)cc3C)nc12. The van der Waals surface area contributed by atoms with Crippen LogP contribution < -0.4 is 25.0 Å². The summed E-state index contributed by atoms with van der Waals surface area (Å²) in [5, 5.41) is 16.9. The Morgan fingerprint density at radius 2 is 1.73 bits per heavy atom. The van der Waals surface area contributed by atoms with Gasteiger partial charge in [-0.15, -0.1) is 5.10 Å². The number of anilines is 3. The average Bonchev–Trinajstić information content (AvgIpc) is 3.89. The van der Waals surface area contributed by atoms with Crippen molar-refractivity contribution in [2.45, 2.75) is 88.1 Å². The number of imide groups is 1. The standard InChI is InChI=1S/C42H48F2N10O5S/c1-3-59-38-31(26-23-45-46-24-26)8-13-54-39(38)49-41(50-54)47-35-6-4-30(18-25(35)2)60(57,58)51-27-19-28(20-27)52-14-9-42(10-15-52)11-16-53(17-12-42)29-21-33(43)37(34(44)22-29)32-5-7-36(55)48-40(32)56/h4,6,8,13,18,21-24,27-28,32,51H,3,5,7,9-12,14-17,19-20H2,1-2H3,(H,45,46)(H,47,50)(H,48,55,56). The van der Waals surface area contributed by atoms with Crippen molar-refractivity contribution < 1.29 is 31.5 Å². The van der Waals surface area contributed by atoms with E-state index in [-0.39, 0.29) is 34.8 Å². The first-order valence-corrected chi connectivity index (χ1v) is 22.1. The number of benzene rings is 2. The number of aromatic amines is 1. The van der Waals surface area contributed by atoms with E-state index in [9.17, 15) is 18.0 Å². The number of amides is 2. The Kier molecular flexibility index (Phi) is 10.6. The van der Waals surface area contributed by atoms with Crippen LogP contribution in [0.5, 0.6) is 5.75 Å². The highest BCUT2D eigenvalue weighted by atomic mass is 32.2. The van der Waals surface area contributed by atoms with E-state index in [1.165, 1.54) is 12.1 Å². The first-order chi connectivity index (χ1) is 28.9. The van der Waals surface area contributed by atoms with Crippen molar-refractivity contribution in [1.29, 1.82) is 0 Å². The van der Waals surface area contributed by atoms with Crippen molar-refractivity contribution >= 4 is 44.8 Å². The second kappa shape index (κ2) is 15.9. The molecule has 5 aromatic rings. The quantitative estimate of drug-likeness (QED) is 0.122. The molecule has 18 heteroatoms. The van der Waals surface area contributed by atoms with E-state index >= 15 is 8.78 Å². The molecule has 3 saturated heterocycles. The van der Waals surface area contributed by atoms with Gasteiger partial charge in [-0.2, -0.15) is 10.1 Å². The molecule has 0 bridgehead atoms. The van der Waals surface area contributed by atoms with Gasteiger partial charge in [0.05, 0.1) is 23.6 Å². The lowest BCUT2D eigenvalue weighted by Gasteiger charge is -2.51. The van der Waals surface area contributed by atoms with Crippen molar-refractivity contribution in [3.8, 4) is 16.9 Å². The Balaban J connectivity index is 0.757. The summed E-state index contributed by atoms with van der Waals surface area (Å²) in [6.45, 7) is 7.41. The fourth-order valence-electron chi connectivity index (χ4n) is 9.38. The topological polar surface area (TPSA) is 179 Å². The number of nitrogens with zero attached hydrogens (tertiary/aromatic N) is 6. The number of hydrogen-bond acceptors (Lipinski definition) is 11. The minimum Gasteiger partial charge on any atom is -0.489 e. The van der Waals surface area contributed by atoms with E-state index < -0.39 is 39.4 Å². The summed E-state index contributed by atoms with van der Waals surface area (Å²) >= 11 is 0. The lowest BCUT2D eigenvalue weighted by Crippen LogP contribution is -2.57. The number of carbonyl (C=O) groups is 2. The third kappa shape index (κ3) is 7.71.